The highest BCUT2D eigenvalue weighted by Crippen LogP contribution is 2.33. The molecule has 3 aromatic rings. The lowest BCUT2D eigenvalue weighted by atomic mass is 9.79. The average molecular weight is 476 g/mol. The summed E-state index contributed by atoms with van der Waals surface area (Å²) in [7, 11) is 1.52. The first-order valence-corrected chi connectivity index (χ1v) is 11.5. The van der Waals surface area contributed by atoms with Gasteiger partial charge in [-0.1, -0.05) is 18.2 Å². The van der Waals surface area contributed by atoms with E-state index in [0.29, 0.717) is 18.8 Å². The van der Waals surface area contributed by atoms with Crippen molar-refractivity contribution < 1.29 is 14.0 Å². The first-order valence-electron chi connectivity index (χ1n) is 11.5. The van der Waals surface area contributed by atoms with Crippen molar-refractivity contribution in [3.05, 3.63) is 59.8 Å². The SMILES string of the molecule is CNC(=O)C1=CCC(C(N)=O)(c2cc3cc(-c4cnn5c4CN(CCF)CC5)ccc3cn2)C=N1. The number of alkyl halides is 1. The number of fused-ring (bicyclic) bond motifs is 2. The van der Waals surface area contributed by atoms with Gasteiger partial charge in [0.2, 0.25) is 5.91 Å². The first kappa shape index (κ1) is 22.9. The third kappa shape index (κ3) is 3.99. The molecule has 1 aromatic carbocycles. The zero-order valence-electron chi connectivity index (χ0n) is 19.4. The lowest BCUT2D eigenvalue weighted by Crippen LogP contribution is -2.44. The molecule has 0 fully saturated rings. The van der Waals surface area contributed by atoms with E-state index in [-0.39, 0.29) is 24.7 Å². The Morgan fingerprint density at radius 1 is 1.20 bits per heavy atom. The van der Waals surface area contributed by atoms with Gasteiger partial charge in [0, 0.05) is 50.0 Å². The number of pyridine rings is 1. The highest BCUT2D eigenvalue weighted by molar-refractivity contribution is 6.07. The fourth-order valence-electron chi connectivity index (χ4n) is 4.68. The maximum atomic E-state index is 12.9. The lowest BCUT2D eigenvalue weighted by molar-refractivity contribution is -0.121. The summed E-state index contributed by atoms with van der Waals surface area (Å²) in [5.41, 5.74) is 8.30. The topological polar surface area (TPSA) is 118 Å². The molecule has 0 bridgehead atoms. The van der Waals surface area contributed by atoms with Gasteiger partial charge in [-0.15, -0.1) is 0 Å². The molecule has 0 saturated heterocycles. The van der Waals surface area contributed by atoms with Gasteiger partial charge in [0.25, 0.3) is 5.91 Å². The van der Waals surface area contributed by atoms with Gasteiger partial charge in [-0.05, 0) is 29.5 Å². The molecule has 4 heterocycles. The molecule has 180 valence electrons. The van der Waals surface area contributed by atoms with E-state index in [1.165, 1.54) is 13.3 Å². The maximum Gasteiger partial charge on any atom is 0.269 e. The summed E-state index contributed by atoms with van der Waals surface area (Å²) >= 11 is 0. The Balaban J connectivity index is 1.52. The van der Waals surface area contributed by atoms with E-state index >= 15 is 0 Å². The largest absolute Gasteiger partial charge is 0.369 e. The molecule has 5 rings (SSSR count). The highest BCUT2D eigenvalue weighted by atomic mass is 19.1. The summed E-state index contributed by atoms with van der Waals surface area (Å²) in [5.74, 6) is -0.917. The summed E-state index contributed by atoms with van der Waals surface area (Å²) in [4.78, 5) is 35.3. The van der Waals surface area contributed by atoms with Gasteiger partial charge in [-0.2, -0.15) is 5.10 Å². The number of nitrogens with two attached hydrogens (primary N) is 1. The standard InChI is InChI=1S/C25H26FN7O2/c1-28-23(34)20-4-5-25(15-30-20,24(27)35)22-11-18-10-16(2-3-17(18)12-29-22)19-13-31-33-9-8-32(7-6-26)14-21(19)33/h2-4,10-13,15H,5-9,14H2,1H3,(H2,27,35)(H,28,34). The van der Waals surface area contributed by atoms with Crippen LogP contribution in [0.5, 0.6) is 0 Å². The number of aromatic nitrogens is 3. The molecule has 0 radical (unpaired) electrons. The number of primary amides is 1. The Labute approximate surface area is 201 Å². The molecule has 10 heteroatoms. The molecule has 0 spiro atoms. The lowest BCUT2D eigenvalue weighted by Gasteiger charge is -2.28. The quantitative estimate of drug-likeness (QED) is 0.563. The van der Waals surface area contributed by atoms with Gasteiger partial charge in [-0.25, -0.2) is 4.39 Å². The van der Waals surface area contributed by atoms with Crippen LogP contribution in [-0.2, 0) is 28.1 Å². The Kier molecular flexibility index (Phi) is 5.89. The van der Waals surface area contributed by atoms with Crippen LogP contribution in [-0.4, -0.2) is 64.5 Å². The van der Waals surface area contributed by atoms with E-state index < -0.39 is 11.3 Å². The Morgan fingerprint density at radius 2 is 2.06 bits per heavy atom. The normalized spacial score (nSPS) is 19.9. The van der Waals surface area contributed by atoms with Crippen LogP contribution in [0.4, 0.5) is 4.39 Å². The van der Waals surface area contributed by atoms with Crippen LogP contribution in [0.1, 0.15) is 17.8 Å². The van der Waals surface area contributed by atoms with Gasteiger partial charge in [0.15, 0.2) is 0 Å². The van der Waals surface area contributed by atoms with Gasteiger partial charge in [-0.3, -0.25) is 29.1 Å². The molecule has 3 N–H and O–H groups in total. The zero-order valence-corrected chi connectivity index (χ0v) is 19.4. The predicted molar refractivity (Wildman–Crippen MR) is 130 cm³/mol. The van der Waals surface area contributed by atoms with Crippen LogP contribution in [0, 0.1) is 0 Å². The minimum absolute atomic E-state index is 0.189. The van der Waals surface area contributed by atoms with Crippen LogP contribution < -0.4 is 11.1 Å². The number of rotatable bonds is 6. The number of nitrogens with zero attached hydrogens (tertiary/aromatic N) is 5. The summed E-state index contributed by atoms with van der Waals surface area (Å²) in [6, 6.07) is 7.87. The maximum absolute atomic E-state index is 12.9. The van der Waals surface area contributed by atoms with Crippen LogP contribution in [0.2, 0.25) is 0 Å². The molecule has 35 heavy (non-hydrogen) atoms. The van der Waals surface area contributed by atoms with Crippen molar-refractivity contribution in [3.63, 3.8) is 0 Å². The van der Waals surface area contributed by atoms with Crippen molar-refractivity contribution in [2.75, 3.05) is 26.8 Å². The fourth-order valence-corrected chi connectivity index (χ4v) is 4.68. The van der Waals surface area contributed by atoms with Crippen molar-refractivity contribution >= 4 is 28.8 Å². The van der Waals surface area contributed by atoms with Crippen LogP contribution in [0.15, 0.2) is 53.4 Å². The van der Waals surface area contributed by atoms with Crippen LogP contribution >= 0.6 is 0 Å². The molecule has 2 aliphatic heterocycles. The van der Waals surface area contributed by atoms with Crippen molar-refractivity contribution in [1.29, 1.82) is 0 Å². The number of nitrogens with one attached hydrogen (secondary N) is 1. The average Bonchev–Trinajstić information content (AvgIpc) is 3.31. The molecule has 2 aliphatic rings. The molecule has 0 saturated carbocycles. The number of hydrogen-bond donors (Lipinski definition) is 2. The van der Waals surface area contributed by atoms with Crippen LogP contribution in [0.25, 0.3) is 21.9 Å². The summed E-state index contributed by atoms with van der Waals surface area (Å²) in [6.07, 6.45) is 6.77. The number of allylic oxidation sites excluding steroid dienone is 1. The Morgan fingerprint density at radius 3 is 2.77 bits per heavy atom. The number of benzene rings is 1. The van der Waals surface area contributed by atoms with E-state index in [4.69, 9.17) is 5.73 Å². The van der Waals surface area contributed by atoms with Crippen molar-refractivity contribution in [2.45, 2.75) is 24.9 Å². The predicted octanol–water partition coefficient (Wildman–Crippen LogP) is 1.71. The van der Waals surface area contributed by atoms with E-state index in [0.717, 1.165) is 40.7 Å². The van der Waals surface area contributed by atoms with Gasteiger partial charge < -0.3 is 11.1 Å². The monoisotopic (exact) mass is 475 g/mol. The van der Waals surface area contributed by atoms with Crippen molar-refractivity contribution in [1.82, 2.24) is 25.0 Å². The van der Waals surface area contributed by atoms with Gasteiger partial charge in [0.1, 0.15) is 17.8 Å². The molecule has 2 amide bonds. The van der Waals surface area contributed by atoms with E-state index in [1.807, 2.05) is 35.1 Å². The second kappa shape index (κ2) is 9.03. The fraction of sp³-hybridized carbons (Fsp3) is 0.320. The summed E-state index contributed by atoms with van der Waals surface area (Å²) in [6.45, 7) is 2.17. The van der Waals surface area contributed by atoms with Crippen molar-refractivity contribution in [3.8, 4) is 11.1 Å². The number of carbonyl (C=O) groups is 2. The number of likely N-dealkylation sites (N-methyl/N-ethyl adjacent to an activating group) is 1. The third-order valence-electron chi connectivity index (χ3n) is 6.78. The summed E-state index contributed by atoms with van der Waals surface area (Å²) < 4.78 is 14.9. The van der Waals surface area contributed by atoms with E-state index in [9.17, 15) is 14.0 Å². The van der Waals surface area contributed by atoms with E-state index in [2.05, 4.69) is 25.3 Å². The second-order valence-electron chi connectivity index (χ2n) is 8.79. The van der Waals surface area contributed by atoms with E-state index in [1.54, 1.807) is 12.3 Å². The first-order chi connectivity index (χ1) is 16.9. The number of amides is 2. The van der Waals surface area contributed by atoms with Gasteiger partial charge >= 0.3 is 0 Å². The Hall–Kier alpha value is -3.92. The number of hydrogen-bond acceptors (Lipinski definition) is 6. The minimum atomic E-state index is -1.24. The highest BCUT2D eigenvalue weighted by Gasteiger charge is 2.40. The van der Waals surface area contributed by atoms with Crippen LogP contribution in [0.3, 0.4) is 0 Å². The zero-order chi connectivity index (χ0) is 24.6. The molecule has 1 atom stereocenters. The number of aliphatic imine (C=N–C) groups is 1. The minimum Gasteiger partial charge on any atom is -0.369 e. The third-order valence-corrected chi connectivity index (χ3v) is 6.78. The molecule has 0 aliphatic carbocycles. The smallest absolute Gasteiger partial charge is 0.269 e. The molecular formula is C25H26FN7O2. The van der Waals surface area contributed by atoms with Crippen molar-refractivity contribution in [2.24, 2.45) is 10.7 Å². The molecule has 1 unspecified atom stereocenters. The Bertz CT molecular complexity index is 1380. The second-order valence-corrected chi connectivity index (χ2v) is 8.79. The number of halogens is 1. The summed E-state index contributed by atoms with van der Waals surface area (Å²) in [5, 5.41) is 8.85. The number of carbonyl (C=O) groups excluding carboxylic acids is 2. The molecular weight excluding hydrogens is 449 g/mol. The molecule has 2 aromatic heterocycles. The molecule has 9 nitrogen and oxygen atoms in total. The van der Waals surface area contributed by atoms with Gasteiger partial charge in [0.05, 0.1) is 24.1 Å².